The van der Waals surface area contributed by atoms with Gasteiger partial charge in [-0.15, -0.1) is 0 Å². The van der Waals surface area contributed by atoms with Crippen LogP contribution in [0.5, 0.6) is 5.75 Å². The summed E-state index contributed by atoms with van der Waals surface area (Å²) in [6.45, 7) is 4.70. The quantitative estimate of drug-likeness (QED) is 0.446. The van der Waals surface area contributed by atoms with Crippen LogP contribution in [0, 0.1) is 11.3 Å². The van der Waals surface area contributed by atoms with Gasteiger partial charge in [0.2, 0.25) is 6.10 Å². The van der Waals surface area contributed by atoms with Crippen LogP contribution in [-0.2, 0) is 4.79 Å². The summed E-state index contributed by atoms with van der Waals surface area (Å²) in [6.07, 6.45) is 7.30. The largest absolute Gasteiger partial charge is 0.474 e. The second-order valence-electron chi connectivity index (χ2n) is 10.6. The molecule has 180 valence electrons. The Morgan fingerprint density at radius 3 is 2.62 bits per heavy atom. The zero-order valence-electron chi connectivity index (χ0n) is 20.2. The predicted molar refractivity (Wildman–Crippen MR) is 135 cm³/mol. The van der Waals surface area contributed by atoms with Gasteiger partial charge in [-0.05, 0) is 76.5 Å². The third-order valence-corrected chi connectivity index (χ3v) is 8.20. The van der Waals surface area contributed by atoms with Crippen LogP contribution in [0.2, 0.25) is 0 Å². The van der Waals surface area contributed by atoms with Gasteiger partial charge in [-0.1, -0.05) is 36.8 Å². The molecule has 1 unspecified atom stereocenters. The van der Waals surface area contributed by atoms with Crippen molar-refractivity contribution in [3.8, 4) is 5.75 Å². The molecule has 2 aromatic rings. The molecule has 1 amide bonds. The second-order valence-corrected chi connectivity index (χ2v) is 10.6. The fourth-order valence-corrected chi connectivity index (χ4v) is 6.41. The van der Waals surface area contributed by atoms with Gasteiger partial charge in [0.25, 0.3) is 5.91 Å². The summed E-state index contributed by atoms with van der Waals surface area (Å²) in [7, 11) is 0. The molecule has 1 saturated heterocycles. The molecule has 2 aromatic carbocycles. The Morgan fingerprint density at radius 1 is 1.12 bits per heavy atom. The van der Waals surface area contributed by atoms with Crippen molar-refractivity contribution < 1.29 is 9.53 Å². The van der Waals surface area contributed by atoms with E-state index >= 15 is 0 Å². The number of hydrogen-bond acceptors (Lipinski definition) is 4. The molecule has 1 aliphatic carbocycles. The topological polar surface area (TPSA) is 91.4 Å². The number of nitrogens with two attached hydrogens (primary N) is 1. The molecular weight excluding hydrogens is 424 g/mol. The monoisotopic (exact) mass is 460 g/mol. The zero-order chi connectivity index (χ0) is 23.9. The minimum absolute atomic E-state index is 0.0141. The molecule has 0 bridgehead atoms. The molecule has 0 radical (unpaired) electrons. The van der Waals surface area contributed by atoms with Gasteiger partial charge in [0.15, 0.2) is 0 Å². The highest BCUT2D eigenvalue weighted by Gasteiger charge is 2.44. The number of para-hydroxylation sites is 2. The lowest BCUT2D eigenvalue weighted by molar-refractivity contribution is -0.127. The number of nitrogens with zero attached hydrogens (tertiary/aromatic N) is 1. The van der Waals surface area contributed by atoms with Crippen LogP contribution in [-0.4, -0.2) is 29.4 Å². The lowest BCUT2D eigenvalue weighted by Gasteiger charge is -2.48. The first-order valence-corrected chi connectivity index (χ1v) is 12.7. The third-order valence-electron chi connectivity index (χ3n) is 8.20. The molecule has 2 fully saturated rings. The number of rotatable bonds is 4. The maximum atomic E-state index is 13.9. The number of ether oxygens (including phenoxy) is 1. The number of fused-ring (bicyclic) bond motifs is 1. The molecule has 3 atom stereocenters. The smallest absolute Gasteiger partial charge is 0.273 e. The number of anilines is 1. The molecule has 5 rings (SSSR count). The van der Waals surface area contributed by atoms with Gasteiger partial charge in [0.1, 0.15) is 11.6 Å². The van der Waals surface area contributed by atoms with E-state index in [1.165, 1.54) is 19.3 Å². The molecule has 1 saturated carbocycles. The van der Waals surface area contributed by atoms with Crippen LogP contribution in [0.3, 0.4) is 0 Å². The Bertz CT molecular complexity index is 1080. The van der Waals surface area contributed by atoms with Gasteiger partial charge in [-0.25, -0.2) is 0 Å². The highest BCUT2D eigenvalue weighted by atomic mass is 16.5. The van der Waals surface area contributed by atoms with Gasteiger partial charge in [-0.2, -0.15) is 0 Å². The maximum absolute atomic E-state index is 13.9. The molecule has 6 nitrogen and oxygen atoms in total. The first kappa shape index (κ1) is 22.9. The molecule has 2 heterocycles. The molecule has 6 heteroatoms. The molecule has 34 heavy (non-hydrogen) atoms. The van der Waals surface area contributed by atoms with Crippen LogP contribution in [0.4, 0.5) is 5.69 Å². The van der Waals surface area contributed by atoms with E-state index in [1.54, 1.807) is 12.1 Å². The van der Waals surface area contributed by atoms with E-state index in [9.17, 15) is 4.79 Å². The van der Waals surface area contributed by atoms with Crippen molar-refractivity contribution in [2.45, 2.75) is 82.5 Å². The van der Waals surface area contributed by atoms with Crippen molar-refractivity contribution in [3.63, 3.8) is 0 Å². The van der Waals surface area contributed by atoms with Gasteiger partial charge >= 0.3 is 0 Å². The van der Waals surface area contributed by atoms with E-state index in [4.69, 9.17) is 15.9 Å². The maximum Gasteiger partial charge on any atom is 0.273 e. The average molecular weight is 461 g/mol. The number of carbonyl (C=O) groups is 1. The summed E-state index contributed by atoms with van der Waals surface area (Å²) in [4.78, 5) is 15.9. The Hall–Kier alpha value is -2.86. The summed E-state index contributed by atoms with van der Waals surface area (Å²) in [6, 6.07) is 15.9. The summed E-state index contributed by atoms with van der Waals surface area (Å²) < 4.78 is 6.22. The van der Waals surface area contributed by atoms with Crippen LogP contribution in [0.15, 0.2) is 48.5 Å². The highest BCUT2D eigenvalue weighted by molar-refractivity contribution is 6.01. The van der Waals surface area contributed by atoms with E-state index in [1.807, 2.05) is 41.3 Å². The Balaban J connectivity index is 1.39. The van der Waals surface area contributed by atoms with E-state index in [2.05, 4.69) is 19.2 Å². The number of benzene rings is 2. The Labute approximate surface area is 202 Å². The summed E-state index contributed by atoms with van der Waals surface area (Å²) in [5.41, 5.74) is 8.10. The van der Waals surface area contributed by atoms with Gasteiger partial charge in [-0.3, -0.25) is 10.2 Å². The lowest BCUT2D eigenvalue weighted by Crippen LogP contribution is -2.57. The Morgan fingerprint density at radius 2 is 1.88 bits per heavy atom. The first-order chi connectivity index (χ1) is 16.4. The van der Waals surface area contributed by atoms with Crippen molar-refractivity contribution >= 4 is 17.4 Å². The molecular formula is C28H36N4O2. The minimum Gasteiger partial charge on any atom is -0.474 e. The molecule has 2 aliphatic heterocycles. The number of hydrogen-bond donors (Lipinski definition) is 3. The van der Waals surface area contributed by atoms with Crippen LogP contribution in [0.1, 0.15) is 76.0 Å². The predicted octanol–water partition coefficient (Wildman–Crippen LogP) is 4.92. The van der Waals surface area contributed by atoms with Crippen molar-refractivity contribution in [1.82, 2.24) is 5.32 Å². The van der Waals surface area contributed by atoms with Crippen molar-refractivity contribution in [3.05, 3.63) is 59.7 Å². The molecule has 4 N–H and O–H groups in total. The number of carbonyl (C=O) groups excluding carboxylic acids is 1. The third kappa shape index (κ3) is 4.20. The SMILES string of the molecule is C[C@H]1CCC[C@](C)(C2CCC(N3C(=O)C(c4cccc(C(=N)N)c4)Oc4ccccc43)CC2)N1. The van der Waals surface area contributed by atoms with Crippen LogP contribution in [0.25, 0.3) is 0 Å². The fourth-order valence-electron chi connectivity index (χ4n) is 6.41. The lowest BCUT2D eigenvalue weighted by atomic mass is 9.70. The van der Waals surface area contributed by atoms with Crippen LogP contribution >= 0.6 is 0 Å². The van der Waals surface area contributed by atoms with E-state index in [0.29, 0.717) is 17.5 Å². The van der Waals surface area contributed by atoms with Crippen LogP contribution < -0.4 is 20.7 Å². The molecule has 0 aromatic heterocycles. The normalized spacial score (nSPS) is 31.5. The summed E-state index contributed by atoms with van der Waals surface area (Å²) in [5.74, 6) is 1.33. The van der Waals surface area contributed by atoms with Gasteiger partial charge in [0, 0.05) is 28.7 Å². The summed E-state index contributed by atoms with van der Waals surface area (Å²) >= 11 is 0. The molecule has 0 spiro atoms. The minimum atomic E-state index is -0.731. The number of nitrogen functional groups attached to an aromatic ring is 1. The van der Waals surface area contributed by atoms with Crippen molar-refractivity contribution in [2.24, 2.45) is 11.7 Å². The average Bonchev–Trinajstić information content (AvgIpc) is 2.84. The highest BCUT2D eigenvalue weighted by Crippen LogP contribution is 2.45. The van der Waals surface area contributed by atoms with Gasteiger partial charge < -0.3 is 20.7 Å². The van der Waals surface area contributed by atoms with Crippen molar-refractivity contribution in [1.29, 1.82) is 5.41 Å². The Kier molecular flexibility index (Phi) is 6.11. The number of amidine groups is 1. The summed E-state index contributed by atoms with van der Waals surface area (Å²) in [5, 5.41) is 11.7. The molecule has 3 aliphatic rings. The number of amides is 1. The van der Waals surface area contributed by atoms with E-state index in [-0.39, 0.29) is 23.3 Å². The fraction of sp³-hybridized carbons (Fsp3) is 0.500. The zero-order valence-corrected chi connectivity index (χ0v) is 20.2. The van der Waals surface area contributed by atoms with E-state index < -0.39 is 6.10 Å². The van der Waals surface area contributed by atoms with Gasteiger partial charge in [0.05, 0.1) is 5.69 Å². The standard InChI is InChI=1S/C28H36N4O2/c1-18-7-6-16-28(2,31-18)21-12-14-22(15-13-21)32-23-10-3-4-11-24(23)34-25(27(32)33)19-8-5-9-20(17-19)26(29)30/h3-5,8-11,17-18,21-22,25,31H,6-7,12-16H2,1-2H3,(H3,29,30)/t18-,21?,22?,25?,28+/m0/s1. The number of nitrogens with one attached hydrogen (secondary N) is 2. The second kappa shape index (κ2) is 9.06. The van der Waals surface area contributed by atoms with Crippen molar-refractivity contribution in [2.75, 3.05) is 4.90 Å². The van der Waals surface area contributed by atoms with E-state index in [0.717, 1.165) is 42.7 Å². The first-order valence-electron chi connectivity index (χ1n) is 12.7. The number of piperidine rings is 1.